The van der Waals surface area contributed by atoms with E-state index in [0.717, 1.165) is 8.66 Å². The number of H-pyrrole nitrogens is 1. The van der Waals surface area contributed by atoms with Gasteiger partial charge in [-0.15, -0.1) is 11.3 Å². The van der Waals surface area contributed by atoms with Gasteiger partial charge in [-0.1, -0.05) is 0 Å². The van der Waals surface area contributed by atoms with Crippen LogP contribution >= 0.6 is 27.3 Å². The number of aromatic nitrogens is 1. The topological polar surface area (TPSA) is 83.0 Å². The highest BCUT2D eigenvalue weighted by atomic mass is 79.9. The van der Waals surface area contributed by atoms with Crippen molar-refractivity contribution in [2.75, 3.05) is 6.61 Å². The van der Waals surface area contributed by atoms with Gasteiger partial charge in [0.25, 0.3) is 0 Å². The van der Waals surface area contributed by atoms with Crippen LogP contribution in [0.5, 0.6) is 0 Å². The molecule has 0 aliphatic carbocycles. The summed E-state index contributed by atoms with van der Waals surface area (Å²) in [5.41, 5.74) is 1.43. The number of aromatic amines is 1. The molecule has 2 rings (SSSR count). The zero-order chi connectivity index (χ0) is 17.9. The van der Waals surface area contributed by atoms with E-state index in [0.29, 0.717) is 11.4 Å². The number of Topliss-reactive ketones (excluding diaryl/α,β-unsaturated/α-hetero) is 1. The molecule has 24 heavy (non-hydrogen) atoms. The number of ether oxygens (including phenoxy) is 1. The van der Waals surface area contributed by atoms with Crippen LogP contribution in [0, 0.1) is 25.2 Å². The van der Waals surface area contributed by atoms with Crippen LogP contribution in [-0.2, 0) is 4.74 Å². The molecule has 0 aromatic carbocycles. The van der Waals surface area contributed by atoms with E-state index in [9.17, 15) is 14.9 Å². The van der Waals surface area contributed by atoms with E-state index in [1.807, 2.05) is 12.1 Å². The number of nitrogens with one attached hydrogen (secondary N) is 1. The van der Waals surface area contributed by atoms with Crippen molar-refractivity contribution in [1.82, 2.24) is 4.98 Å². The number of nitrogens with zero attached hydrogens (tertiary/aromatic N) is 1. The Labute approximate surface area is 152 Å². The van der Waals surface area contributed by atoms with Crippen molar-refractivity contribution in [2.24, 2.45) is 0 Å². The van der Waals surface area contributed by atoms with Gasteiger partial charge in [0.05, 0.1) is 21.5 Å². The first-order valence-electron chi connectivity index (χ1n) is 7.17. The number of nitriles is 1. The third-order valence-electron chi connectivity index (χ3n) is 3.33. The summed E-state index contributed by atoms with van der Waals surface area (Å²) in [6, 6.07) is 5.58. The number of carbonyl (C=O) groups is 2. The number of halogens is 1. The molecule has 0 fully saturated rings. The van der Waals surface area contributed by atoms with Crippen molar-refractivity contribution in [2.45, 2.75) is 20.8 Å². The Bertz CT molecular complexity index is 871. The molecule has 2 aromatic rings. The molecule has 0 spiro atoms. The molecule has 0 aliphatic heterocycles. The molecular formula is C17H15BrN2O3S. The minimum absolute atomic E-state index is 0.0306. The molecule has 0 amide bonds. The van der Waals surface area contributed by atoms with Crippen molar-refractivity contribution < 1.29 is 14.3 Å². The number of ketones is 1. The molecule has 0 atom stereocenters. The van der Waals surface area contributed by atoms with Crippen LogP contribution in [0.15, 0.2) is 21.5 Å². The van der Waals surface area contributed by atoms with E-state index in [1.165, 1.54) is 17.4 Å². The molecule has 0 saturated heterocycles. The molecule has 5 nitrogen and oxygen atoms in total. The summed E-state index contributed by atoms with van der Waals surface area (Å²) in [4.78, 5) is 28.8. The van der Waals surface area contributed by atoms with Gasteiger partial charge in [0.15, 0.2) is 0 Å². The molecule has 0 radical (unpaired) electrons. The smallest absolute Gasteiger partial charge is 0.340 e. The Morgan fingerprint density at radius 2 is 2.00 bits per heavy atom. The second-order valence-electron chi connectivity index (χ2n) is 4.99. The van der Waals surface area contributed by atoms with Crippen LogP contribution in [-0.4, -0.2) is 23.3 Å². The van der Waals surface area contributed by atoms with Crippen LogP contribution in [0.4, 0.5) is 0 Å². The predicted molar refractivity (Wildman–Crippen MR) is 96.2 cm³/mol. The first-order chi connectivity index (χ1) is 11.4. The van der Waals surface area contributed by atoms with E-state index >= 15 is 0 Å². The molecular weight excluding hydrogens is 392 g/mol. The lowest BCUT2D eigenvalue weighted by atomic mass is 9.99. The van der Waals surface area contributed by atoms with Gasteiger partial charge in [-0.25, -0.2) is 4.79 Å². The van der Waals surface area contributed by atoms with Gasteiger partial charge >= 0.3 is 5.97 Å². The Kier molecular flexibility index (Phi) is 5.75. The predicted octanol–water partition coefficient (Wildman–Crippen LogP) is 4.42. The molecule has 0 bridgehead atoms. The number of hydrogen-bond acceptors (Lipinski definition) is 5. The van der Waals surface area contributed by atoms with Gasteiger partial charge < -0.3 is 9.72 Å². The highest BCUT2D eigenvalue weighted by Gasteiger charge is 2.27. The van der Waals surface area contributed by atoms with Gasteiger partial charge in [-0.2, -0.15) is 5.26 Å². The highest BCUT2D eigenvalue weighted by molar-refractivity contribution is 9.11. The average molecular weight is 407 g/mol. The summed E-state index contributed by atoms with van der Waals surface area (Å²) < 4.78 is 5.93. The van der Waals surface area contributed by atoms with Crippen LogP contribution in [0.25, 0.3) is 6.08 Å². The van der Waals surface area contributed by atoms with E-state index in [2.05, 4.69) is 20.9 Å². The molecule has 7 heteroatoms. The zero-order valence-corrected chi connectivity index (χ0v) is 15.8. The first-order valence-corrected chi connectivity index (χ1v) is 8.78. The quantitative estimate of drug-likeness (QED) is 0.344. The summed E-state index contributed by atoms with van der Waals surface area (Å²) in [5, 5.41) is 9.38. The Morgan fingerprint density at radius 3 is 2.54 bits per heavy atom. The largest absolute Gasteiger partial charge is 0.462 e. The third kappa shape index (κ3) is 3.66. The van der Waals surface area contributed by atoms with Crippen LogP contribution in [0.3, 0.4) is 0 Å². The normalized spacial score (nSPS) is 11.2. The maximum absolute atomic E-state index is 12.8. The highest BCUT2D eigenvalue weighted by Crippen LogP contribution is 2.27. The zero-order valence-electron chi connectivity index (χ0n) is 13.4. The minimum Gasteiger partial charge on any atom is -0.462 e. The van der Waals surface area contributed by atoms with E-state index < -0.39 is 11.8 Å². The van der Waals surface area contributed by atoms with E-state index in [1.54, 1.807) is 26.8 Å². The summed E-state index contributed by atoms with van der Waals surface area (Å²) in [6.07, 6.45) is 1.52. The van der Waals surface area contributed by atoms with Crippen molar-refractivity contribution in [3.05, 3.63) is 48.9 Å². The lowest BCUT2D eigenvalue weighted by molar-refractivity contribution is 0.0523. The maximum atomic E-state index is 12.8. The molecule has 0 saturated carbocycles. The van der Waals surface area contributed by atoms with E-state index in [-0.39, 0.29) is 23.3 Å². The number of rotatable bonds is 5. The number of hydrogen-bond donors (Lipinski definition) is 1. The summed E-state index contributed by atoms with van der Waals surface area (Å²) in [6.45, 7) is 5.30. The van der Waals surface area contributed by atoms with Gasteiger partial charge in [-0.05, 0) is 54.9 Å². The van der Waals surface area contributed by atoms with Crippen molar-refractivity contribution >= 4 is 45.1 Å². The van der Waals surface area contributed by atoms with Gasteiger partial charge in [-0.3, -0.25) is 4.79 Å². The van der Waals surface area contributed by atoms with Crippen LogP contribution in [0.1, 0.15) is 43.9 Å². The Balaban J connectivity index is 2.50. The van der Waals surface area contributed by atoms with Crippen molar-refractivity contribution in [3.8, 4) is 6.07 Å². The molecule has 124 valence electrons. The summed E-state index contributed by atoms with van der Waals surface area (Å²) in [7, 11) is 0. The SMILES string of the molecule is CCOC(=O)c1c(C)[nH]c(C)c1C(=O)/C(C#N)=C/c1ccc(Br)s1. The number of allylic oxidation sites excluding steroid dienone is 1. The number of esters is 1. The monoisotopic (exact) mass is 406 g/mol. The standard InChI is InChI=1S/C17H15BrN2O3S/c1-4-23-17(22)15-10(3)20-9(2)14(15)16(21)11(8-19)7-12-5-6-13(18)24-12/h5-7,20H,4H2,1-3H3/b11-7+. The minimum atomic E-state index is -0.571. The number of aryl methyl sites for hydroxylation is 2. The molecule has 2 aromatic heterocycles. The van der Waals surface area contributed by atoms with Crippen LogP contribution in [0.2, 0.25) is 0 Å². The fourth-order valence-corrected chi connectivity index (χ4v) is 3.72. The van der Waals surface area contributed by atoms with Gasteiger partial charge in [0.1, 0.15) is 11.6 Å². The Morgan fingerprint density at radius 1 is 1.33 bits per heavy atom. The fourth-order valence-electron chi connectivity index (χ4n) is 2.35. The first kappa shape index (κ1) is 18.2. The van der Waals surface area contributed by atoms with Crippen molar-refractivity contribution in [1.29, 1.82) is 5.26 Å². The maximum Gasteiger partial charge on any atom is 0.340 e. The Hall–Kier alpha value is -2.17. The van der Waals surface area contributed by atoms with Gasteiger partial charge in [0.2, 0.25) is 5.78 Å². The molecule has 1 N–H and O–H groups in total. The third-order valence-corrected chi connectivity index (χ3v) is 4.90. The summed E-state index contributed by atoms with van der Waals surface area (Å²) in [5.74, 6) is -1.06. The van der Waals surface area contributed by atoms with Crippen LogP contribution < -0.4 is 0 Å². The lowest BCUT2D eigenvalue weighted by Gasteiger charge is -2.05. The van der Waals surface area contributed by atoms with Crippen molar-refractivity contribution in [3.63, 3.8) is 0 Å². The second kappa shape index (κ2) is 7.60. The van der Waals surface area contributed by atoms with Gasteiger partial charge in [0, 0.05) is 16.3 Å². The lowest BCUT2D eigenvalue weighted by Crippen LogP contribution is -2.13. The molecule has 0 unspecified atom stereocenters. The second-order valence-corrected chi connectivity index (χ2v) is 7.48. The number of carbonyl (C=O) groups excluding carboxylic acids is 2. The number of thiophene rings is 1. The fraction of sp³-hybridized carbons (Fsp3) is 0.235. The van der Waals surface area contributed by atoms with E-state index in [4.69, 9.17) is 4.74 Å². The molecule has 0 aliphatic rings. The summed E-state index contributed by atoms with van der Waals surface area (Å²) >= 11 is 4.75. The molecule has 2 heterocycles. The average Bonchev–Trinajstić information content (AvgIpc) is 3.06.